The van der Waals surface area contributed by atoms with Gasteiger partial charge in [0.2, 0.25) is 5.58 Å². The molecule has 0 saturated carbocycles. The van der Waals surface area contributed by atoms with Gasteiger partial charge < -0.3 is 4.42 Å². The van der Waals surface area contributed by atoms with Crippen molar-refractivity contribution in [3.8, 4) is 0 Å². The van der Waals surface area contributed by atoms with E-state index in [1.807, 2.05) is 0 Å². The molecule has 0 radical (unpaired) electrons. The maximum absolute atomic E-state index is 10.6. The van der Waals surface area contributed by atoms with Crippen molar-refractivity contribution in [3.05, 3.63) is 16.7 Å². The number of hydrogen-bond donors (Lipinski definition) is 2. The molecule has 0 aromatic carbocycles. The molecule has 6 nitrogen and oxygen atoms in total. The molecule has 0 saturated heterocycles. The number of nitrogens with two attached hydrogens (primary N) is 1. The smallest absolute Gasteiger partial charge is 0.401 e. The SMILES string of the molecule is Nc1nc2[nH]c(=O)oc2c[nH+]1. The number of aromatic nitrogens is 3. The van der Waals surface area contributed by atoms with Gasteiger partial charge in [-0.1, -0.05) is 0 Å². The minimum Gasteiger partial charge on any atom is -0.401 e. The Morgan fingerprint density at radius 2 is 2.55 bits per heavy atom. The second-order valence-corrected chi connectivity index (χ2v) is 2.01. The number of nitrogens with zero attached hydrogens (tertiary/aromatic N) is 1. The van der Waals surface area contributed by atoms with E-state index in [1.165, 1.54) is 6.20 Å². The van der Waals surface area contributed by atoms with E-state index in [-0.39, 0.29) is 5.95 Å². The Kier molecular flexibility index (Phi) is 0.974. The average Bonchev–Trinajstić information content (AvgIpc) is 2.27. The highest BCUT2D eigenvalue weighted by molar-refractivity contribution is 5.65. The van der Waals surface area contributed by atoms with Crippen LogP contribution in [0.4, 0.5) is 5.95 Å². The molecule has 11 heavy (non-hydrogen) atoms. The summed E-state index contributed by atoms with van der Waals surface area (Å²) in [4.78, 5) is 19.3. The van der Waals surface area contributed by atoms with Crippen molar-refractivity contribution in [2.24, 2.45) is 0 Å². The van der Waals surface area contributed by atoms with Gasteiger partial charge >= 0.3 is 11.7 Å². The molecule has 0 bridgehead atoms. The summed E-state index contributed by atoms with van der Waals surface area (Å²) in [7, 11) is 0. The largest absolute Gasteiger partial charge is 0.419 e. The third-order valence-electron chi connectivity index (χ3n) is 1.24. The molecule has 0 atom stereocenters. The number of H-pyrrole nitrogens is 2. The van der Waals surface area contributed by atoms with Crippen LogP contribution in [0.2, 0.25) is 0 Å². The lowest BCUT2D eigenvalue weighted by molar-refractivity contribution is -0.362. The molecule has 2 rings (SSSR count). The molecular weight excluding hydrogens is 148 g/mol. The first-order valence-corrected chi connectivity index (χ1v) is 2.93. The first-order chi connectivity index (χ1) is 5.25. The van der Waals surface area contributed by atoms with Gasteiger partial charge in [0.25, 0.3) is 5.65 Å². The molecular formula is C5H5N4O2+. The molecule has 6 heteroatoms. The summed E-state index contributed by atoms with van der Waals surface area (Å²) in [6, 6.07) is 0. The maximum atomic E-state index is 10.6. The van der Waals surface area contributed by atoms with E-state index in [0.717, 1.165) is 0 Å². The molecule has 2 heterocycles. The minimum absolute atomic E-state index is 0.231. The van der Waals surface area contributed by atoms with Gasteiger partial charge in [-0.25, -0.2) is 9.78 Å². The predicted molar refractivity (Wildman–Crippen MR) is 35.6 cm³/mol. The van der Waals surface area contributed by atoms with Crippen LogP contribution in [0.5, 0.6) is 0 Å². The van der Waals surface area contributed by atoms with Crippen LogP contribution >= 0.6 is 0 Å². The Balaban J connectivity index is 2.92. The molecule has 2 aromatic heterocycles. The molecule has 0 aliphatic carbocycles. The Labute approximate surface area is 60.1 Å². The first-order valence-electron chi connectivity index (χ1n) is 2.93. The van der Waals surface area contributed by atoms with Crippen molar-refractivity contribution in [1.82, 2.24) is 9.97 Å². The Morgan fingerprint density at radius 1 is 1.73 bits per heavy atom. The lowest BCUT2D eigenvalue weighted by Crippen LogP contribution is -2.11. The van der Waals surface area contributed by atoms with E-state index in [1.54, 1.807) is 0 Å². The molecule has 0 aliphatic rings. The summed E-state index contributed by atoms with van der Waals surface area (Å²) in [5, 5.41) is 0. The third kappa shape index (κ3) is 0.841. The van der Waals surface area contributed by atoms with Crippen LogP contribution in [-0.2, 0) is 0 Å². The summed E-state index contributed by atoms with van der Waals surface area (Å²) in [5.41, 5.74) is 6.02. The van der Waals surface area contributed by atoms with Crippen molar-refractivity contribution in [2.75, 3.05) is 5.73 Å². The maximum Gasteiger partial charge on any atom is 0.419 e. The zero-order chi connectivity index (χ0) is 7.84. The highest BCUT2D eigenvalue weighted by Crippen LogP contribution is 2.01. The van der Waals surface area contributed by atoms with E-state index in [0.29, 0.717) is 11.2 Å². The number of fused-ring (bicyclic) bond motifs is 1. The zero-order valence-corrected chi connectivity index (χ0v) is 5.42. The summed E-state index contributed by atoms with van der Waals surface area (Å²) in [6.07, 6.45) is 1.47. The van der Waals surface area contributed by atoms with Crippen LogP contribution in [0.1, 0.15) is 0 Å². The van der Waals surface area contributed by atoms with Crippen LogP contribution in [-0.4, -0.2) is 9.97 Å². The number of hydrogen-bond acceptors (Lipinski definition) is 4. The summed E-state index contributed by atoms with van der Waals surface area (Å²) in [6.45, 7) is 0. The van der Waals surface area contributed by atoms with Crippen LogP contribution in [0, 0.1) is 0 Å². The molecule has 0 aliphatic heterocycles. The molecule has 0 unspecified atom stereocenters. The lowest BCUT2D eigenvalue weighted by Gasteiger charge is -1.79. The minimum atomic E-state index is -0.536. The Bertz CT molecular complexity index is 443. The van der Waals surface area contributed by atoms with Gasteiger partial charge in [-0.2, -0.15) is 0 Å². The average molecular weight is 153 g/mol. The normalized spacial score (nSPS) is 10.5. The van der Waals surface area contributed by atoms with Crippen LogP contribution in [0.3, 0.4) is 0 Å². The van der Waals surface area contributed by atoms with Crippen molar-refractivity contribution < 1.29 is 9.40 Å². The van der Waals surface area contributed by atoms with Crippen molar-refractivity contribution >= 4 is 17.2 Å². The van der Waals surface area contributed by atoms with Crippen molar-refractivity contribution in [1.29, 1.82) is 0 Å². The van der Waals surface area contributed by atoms with Gasteiger partial charge in [0.05, 0.1) is 0 Å². The summed E-state index contributed by atoms with van der Waals surface area (Å²) >= 11 is 0. The molecule has 56 valence electrons. The highest BCUT2D eigenvalue weighted by Gasteiger charge is 2.07. The fourth-order valence-electron chi connectivity index (χ4n) is 0.805. The number of oxazole rings is 1. The Hall–Kier alpha value is -1.85. The molecule has 0 fully saturated rings. The first kappa shape index (κ1) is 5.90. The standard InChI is InChI=1S/C5H4N4O2/c6-4-7-1-2-3(8-4)9-5(10)11-2/h1H,(H3,6,7,8,9,10)/p+1. The topological polar surface area (TPSA) is 99.0 Å². The highest BCUT2D eigenvalue weighted by atomic mass is 16.4. The van der Waals surface area contributed by atoms with Gasteiger partial charge in [0, 0.05) is 0 Å². The van der Waals surface area contributed by atoms with Crippen LogP contribution < -0.4 is 16.5 Å². The van der Waals surface area contributed by atoms with Crippen LogP contribution in [0.15, 0.2) is 15.4 Å². The number of nitrogen functional groups attached to an aromatic ring is 1. The molecule has 2 aromatic rings. The van der Waals surface area contributed by atoms with Gasteiger partial charge in [0.1, 0.15) is 6.20 Å². The summed E-state index contributed by atoms with van der Waals surface area (Å²) in [5.74, 6) is -0.305. The fourth-order valence-corrected chi connectivity index (χ4v) is 0.805. The zero-order valence-electron chi connectivity index (χ0n) is 5.42. The van der Waals surface area contributed by atoms with E-state index in [4.69, 9.17) is 5.73 Å². The monoisotopic (exact) mass is 153 g/mol. The number of rotatable bonds is 0. The van der Waals surface area contributed by atoms with E-state index < -0.39 is 5.76 Å². The van der Waals surface area contributed by atoms with Gasteiger partial charge in [-0.15, -0.1) is 0 Å². The second kappa shape index (κ2) is 1.82. The molecule has 0 amide bonds. The lowest BCUT2D eigenvalue weighted by atomic mass is 10.6. The number of anilines is 1. The van der Waals surface area contributed by atoms with Crippen molar-refractivity contribution in [3.63, 3.8) is 0 Å². The van der Waals surface area contributed by atoms with Crippen molar-refractivity contribution in [2.45, 2.75) is 0 Å². The van der Waals surface area contributed by atoms with Crippen LogP contribution in [0.25, 0.3) is 11.2 Å². The van der Waals surface area contributed by atoms with Gasteiger partial charge in [-0.05, 0) is 4.98 Å². The quantitative estimate of drug-likeness (QED) is 0.502. The van der Waals surface area contributed by atoms with Gasteiger partial charge in [0.15, 0.2) is 0 Å². The predicted octanol–water partition coefficient (Wildman–Crippen LogP) is -1.09. The fraction of sp³-hybridized carbons (Fsp3) is 0. The second-order valence-electron chi connectivity index (χ2n) is 2.01. The number of nitrogens with one attached hydrogen (secondary N) is 2. The van der Waals surface area contributed by atoms with Gasteiger partial charge in [-0.3, -0.25) is 10.7 Å². The van der Waals surface area contributed by atoms with E-state index >= 15 is 0 Å². The van der Waals surface area contributed by atoms with E-state index in [9.17, 15) is 4.79 Å². The number of aromatic amines is 2. The molecule has 0 spiro atoms. The summed E-state index contributed by atoms with van der Waals surface area (Å²) < 4.78 is 4.66. The Morgan fingerprint density at radius 3 is 3.36 bits per heavy atom. The third-order valence-corrected chi connectivity index (χ3v) is 1.24. The van der Waals surface area contributed by atoms with E-state index in [2.05, 4.69) is 19.4 Å². The molecule has 4 N–H and O–H groups in total.